The third-order valence-electron chi connectivity index (χ3n) is 4.00. The van der Waals surface area contributed by atoms with E-state index in [1.54, 1.807) is 0 Å². The maximum absolute atomic E-state index is 5.44. The Morgan fingerprint density at radius 1 is 0.762 bits per heavy atom. The van der Waals surface area contributed by atoms with Gasteiger partial charge >= 0.3 is 0 Å². The molecule has 2 heteroatoms. The van der Waals surface area contributed by atoms with E-state index in [2.05, 4.69) is 54.6 Å². The number of rotatable bonds is 3. The van der Waals surface area contributed by atoms with E-state index in [4.69, 9.17) is 9.47 Å². The molecule has 3 aromatic carbocycles. The lowest BCUT2D eigenvalue weighted by atomic mass is 9.98. The van der Waals surface area contributed by atoms with Crippen molar-refractivity contribution < 1.29 is 9.47 Å². The van der Waals surface area contributed by atoms with E-state index in [0.29, 0.717) is 6.79 Å². The molecule has 0 bridgehead atoms. The second-order valence-electron chi connectivity index (χ2n) is 5.33. The normalized spacial score (nSPS) is 12.8. The van der Waals surface area contributed by atoms with Gasteiger partial charge in [-0.05, 0) is 46.9 Å². The highest BCUT2D eigenvalue weighted by molar-refractivity contribution is 5.85. The van der Waals surface area contributed by atoms with Crippen molar-refractivity contribution in [1.82, 2.24) is 0 Å². The first-order valence-electron chi connectivity index (χ1n) is 7.25. The van der Waals surface area contributed by atoms with Crippen LogP contribution in [0, 0.1) is 0 Å². The summed E-state index contributed by atoms with van der Waals surface area (Å²) in [6.45, 7) is 0.335. The molecule has 3 aromatic rings. The molecule has 0 N–H and O–H groups in total. The maximum atomic E-state index is 5.44. The Balaban J connectivity index is 1.58. The van der Waals surface area contributed by atoms with Crippen molar-refractivity contribution in [3.63, 3.8) is 0 Å². The lowest BCUT2D eigenvalue weighted by Crippen LogP contribution is -1.93. The van der Waals surface area contributed by atoms with E-state index in [1.807, 2.05) is 6.07 Å². The molecule has 2 nitrogen and oxygen atoms in total. The largest absolute Gasteiger partial charge is 0.454 e. The summed E-state index contributed by atoms with van der Waals surface area (Å²) in [5.74, 6) is 1.72. The quantitative estimate of drug-likeness (QED) is 0.708. The van der Waals surface area contributed by atoms with Gasteiger partial charge in [-0.25, -0.2) is 0 Å². The molecule has 0 saturated carbocycles. The molecule has 4 rings (SSSR count). The van der Waals surface area contributed by atoms with Gasteiger partial charge in [0.05, 0.1) is 0 Å². The Bertz CT molecular complexity index is 787. The lowest BCUT2D eigenvalue weighted by molar-refractivity contribution is 0.174. The lowest BCUT2D eigenvalue weighted by Gasteiger charge is -2.07. The van der Waals surface area contributed by atoms with Crippen LogP contribution in [-0.2, 0) is 12.8 Å². The maximum Gasteiger partial charge on any atom is 0.231 e. The highest BCUT2D eigenvalue weighted by Gasteiger charge is 2.13. The molecule has 0 spiro atoms. The Morgan fingerprint density at radius 2 is 1.62 bits per heavy atom. The van der Waals surface area contributed by atoms with Crippen LogP contribution in [0.1, 0.15) is 11.1 Å². The summed E-state index contributed by atoms with van der Waals surface area (Å²) in [5, 5.41) is 2.65. The van der Waals surface area contributed by atoms with E-state index in [-0.39, 0.29) is 0 Å². The highest BCUT2D eigenvalue weighted by Crippen LogP contribution is 2.33. The van der Waals surface area contributed by atoms with Gasteiger partial charge in [0.25, 0.3) is 0 Å². The van der Waals surface area contributed by atoms with Crippen molar-refractivity contribution in [2.24, 2.45) is 0 Å². The van der Waals surface area contributed by atoms with Crippen LogP contribution in [0.3, 0.4) is 0 Å². The van der Waals surface area contributed by atoms with Crippen LogP contribution in [0.4, 0.5) is 0 Å². The predicted octanol–water partition coefficient (Wildman–Crippen LogP) is 4.35. The first kappa shape index (κ1) is 12.3. The van der Waals surface area contributed by atoms with Gasteiger partial charge in [0, 0.05) is 0 Å². The van der Waals surface area contributed by atoms with Crippen LogP contribution in [-0.4, -0.2) is 6.79 Å². The van der Waals surface area contributed by atoms with Gasteiger partial charge in [0.2, 0.25) is 6.79 Å². The number of aryl methyl sites for hydroxylation is 2. The summed E-state index contributed by atoms with van der Waals surface area (Å²) >= 11 is 0. The fourth-order valence-electron chi connectivity index (χ4n) is 2.89. The molecule has 1 heterocycles. The number of fused-ring (bicyclic) bond motifs is 2. The Morgan fingerprint density at radius 3 is 2.62 bits per heavy atom. The van der Waals surface area contributed by atoms with Crippen LogP contribution in [0.25, 0.3) is 10.8 Å². The summed E-state index contributed by atoms with van der Waals surface area (Å²) in [4.78, 5) is 0. The molecule has 0 fully saturated rings. The molecular formula is C19H16O2. The zero-order valence-electron chi connectivity index (χ0n) is 11.7. The monoisotopic (exact) mass is 276 g/mol. The molecule has 0 amide bonds. The zero-order valence-corrected chi connectivity index (χ0v) is 11.7. The fourth-order valence-corrected chi connectivity index (χ4v) is 2.89. The van der Waals surface area contributed by atoms with Crippen molar-refractivity contribution in [1.29, 1.82) is 0 Å². The van der Waals surface area contributed by atoms with Crippen LogP contribution in [0.5, 0.6) is 11.5 Å². The SMILES string of the molecule is c1ccc2c(CCc3ccc4c(c3)OCO4)cccc2c1. The van der Waals surface area contributed by atoms with Crippen molar-refractivity contribution in [3.05, 3.63) is 71.8 Å². The zero-order chi connectivity index (χ0) is 14.1. The predicted molar refractivity (Wildman–Crippen MR) is 83.9 cm³/mol. The molecule has 0 radical (unpaired) electrons. The van der Waals surface area contributed by atoms with Gasteiger partial charge < -0.3 is 9.47 Å². The topological polar surface area (TPSA) is 18.5 Å². The van der Waals surface area contributed by atoms with Gasteiger partial charge in [-0.3, -0.25) is 0 Å². The van der Waals surface area contributed by atoms with E-state index >= 15 is 0 Å². The van der Waals surface area contributed by atoms with Crippen LogP contribution in [0.15, 0.2) is 60.7 Å². The first-order valence-corrected chi connectivity index (χ1v) is 7.25. The molecule has 104 valence electrons. The molecule has 1 aliphatic rings. The highest BCUT2D eigenvalue weighted by atomic mass is 16.7. The van der Waals surface area contributed by atoms with Crippen LogP contribution >= 0.6 is 0 Å². The van der Waals surface area contributed by atoms with Crippen molar-refractivity contribution in [2.45, 2.75) is 12.8 Å². The van der Waals surface area contributed by atoms with E-state index < -0.39 is 0 Å². The van der Waals surface area contributed by atoms with Gasteiger partial charge in [0.15, 0.2) is 11.5 Å². The van der Waals surface area contributed by atoms with Gasteiger partial charge in [-0.15, -0.1) is 0 Å². The molecular weight excluding hydrogens is 260 g/mol. The molecule has 0 atom stereocenters. The fraction of sp³-hybridized carbons (Fsp3) is 0.158. The minimum atomic E-state index is 0.335. The third-order valence-corrected chi connectivity index (χ3v) is 4.00. The van der Waals surface area contributed by atoms with E-state index in [1.165, 1.54) is 21.9 Å². The summed E-state index contributed by atoms with van der Waals surface area (Å²) in [7, 11) is 0. The van der Waals surface area contributed by atoms with Crippen LogP contribution < -0.4 is 9.47 Å². The number of ether oxygens (including phenoxy) is 2. The minimum absolute atomic E-state index is 0.335. The van der Waals surface area contributed by atoms with E-state index in [9.17, 15) is 0 Å². The Kier molecular flexibility index (Phi) is 3.00. The summed E-state index contributed by atoms with van der Waals surface area (Å²) in [5.41, 5.74) is 2.68. The molecule has 0 unspecified atom stereocenters. The molecule has 0 aliphatic carbocycles. The van der Waals surface area contributed by atoms with Gasteiger partial charge in [0.1, 0.15) is 0 Å². The molecule has 1 aliphatic heterocycles. The van der Waals surface area contributed by atoms with Crippen molar-refractivity contribution in [2.75, 3.05) is 6.79 Å². The van der Waals surface area contributed by atoms with E-state index in [0.717, 1.165) is 24.3 Å². The third kappa shape index (κ3) is 2.33. The number of hydrogen-bond donors (Lipinski definition) is 0. The Labute approximate surface area is 123 Å². The average molecular weight is 276 g/mol. The standard InChI is InChI=1S/C19H16O2/c1-2-7-17-15(4-1)5-3-6-16(17)10-8-14-9-11-18-19(12-14)21-13-20-18/h1-7,9,11-12H,8,10,13H2. The minimum Gasteiger partial charge on any atom is -0.454 e. The van der Waals surface area contributed by atoms with Gasteiger partial charge in [-0.1, -0.05) is 48.5 Å². The number of hydrogen-bond acceptors (Lipinski definition) is 2. The second-order valence-corrected chi connectivity index (χ2v) is 5.33. The summed E-state index contributed by atoms with van der Waals surface area (Å²) < 4.78 is 10.8. The number of benzene rings is 3. The first-order chi connectivity index (χ1) is 10.4. The van der Waals surface area contributed by atoms with Crippen LogP contribution in [0.2, 0.25) is 0 Å². The van der Waals surface area contributed by atoms with Crippen molar-refractivity contribution >= 4 is 10.8 Å². The second kappa shape index (κ2) is 5.13. The Hall–Kier alpha value is -2.48. The average Bonchev–Trinajstić information content (AvgIpc) is 3.00. The van der Waals surface area contributed by atoms with Gasteiger partial charge in [-0.2, -0.15) is 0 Å². The van der Waals surface area contributed by atoms with Crippen molar-refractivity contribution in [3.8, 4) is 11.5 Å². The molecule has 0 aromatic heterocycles. The summed E-state index contributed by atoms with van der Waals surface area (Å²) in [6.07, 6.45) is 2.03. The smallest absolute Gasteiger partial charge is 0.231 e. The molecule has 21 heavy (non-hydrogen) atoms. The summed E-state index contributed by atoms with van der Waals surface area (Å²) in [6, 6.07) is 21.3. The molecule has 0 saturated heterocycles.